The lowest BCUT2D eigenvalue weighted by molar-refractivity contribution is -0.122. The van der Waals surface area contributed by atoms with Gasteiger partial charge in [-0.2, -0.15) is 0 Å². The molecule has 2 aromatic carbocycles. The maximum Gasteiger partial charge on any atom is 0.257 e. The van der Waals surface area contributed by atoms with Crippen LogP contribution in [0.4, 0.5) is 5.69 Å². The number of imide groups is 1. The number of halogens is 1. The minimum absolute atomic E-state index is 0.0764. The van der Waals surface area contributed by atoms with Gasteiger partial charge in [-0.05, 0) is 82.8 Å². The number of amides is 3. The smallest absolute Gasteiger partial charge is 0.257 e. The number of carbonyl (C=O) groups excluding carboxylic acids is 3. The summed E-state index contributed by atoms with van der Waals surface area (Å²) in [5.74, 6) is -0.466. The van der Waals surface area contributed by atoms with Crippen molar-refractivity contribution in [1.82, 2.24) is 9.88 Å². The lowest BCUT2D eigenvalue weighted by atomic mass is 10.1. The van der Waals surface area contributed by atoms with Gasteiger partial charge >= 0.3 is 0 Å². The molecular formula is C24H20IN3O4. The van der Waals surface area contributed by atoms with Gasteiger partial charge in [0.05, 0.1) is 19.2 Å². The van der Waals surface area contributed by atoms with Crippen LogP contribution in [0.5, 0.6) is 5.75 Å². The molecule has 0 aliphatic carbocycles. The molecule has 0 saturated carbocycles. The Morgan fingerprint density at radius 2 is 1.84 bits per heavy atom. The quantitative estimate of drug-likeness (QED) is 0.352. The molecule has 32 heavy (non-hydrogen) atoms. The van der Waals surface area contributed by atoms with E-state index >= 15 is 0 Å². The summed E-state index contributed by atoms with van der Waals surface area (Å²) in [4.78, 5) is 46.3. The molecule has 3 aromatic rings. The van der Waals surface area contributed by atoms with Gasteiger partial charge in [0.25, 0.3) is 11.8 Å². The first-order chi connectivity index (χ1) is 15.5. The summed E-state index contributed by atoms with van der Waals surface area (Å²) in [5, 5.41) is 0. The van der Waals surface area contributed by atoms with E-state index < -0.39 is 11.9 Å². The fourth-order valence-corrected chi connectivity index (χ4v) is 3.99. The number of pyridine rings is 1. The SMILES string of the molecule is COc1ccc(C(=O)N(Cc2cccnc2)C2CC(=O)N(c3ccc(I)cc3)C2=O)cc1. The lowest BCUT2D eigenvalue weighted by Gasteiger charge is -2.28. The number of hydrogen-bond donors (Lipinski definition) is 0. The van der Waals surface area contributed by atoms with Crippen molar-refractivity contribution in [2.45, 2.75) is 19.0 Å². The first-order valence-electron chi connectivity index (χ1n) is 9.94. The van der Waals surface area contributed by atoms with Crippen LogP contribution in [0, 0.1) is 3.57 Å². The predicted octanol–water partition coefficient (Wildman–Crippen LogP) is 3.67. The minimum atomic E-state index is -0.906. The highest BCUT2D eigenvalue weighted by atomic mass is 127. The second-order valence-electron chi connectivity index (χ2n) is 7.29. The van der Waals surface area contributed by atoms with Crippen molar-refractivity contribution in [3.05, 3.63) is 87.8 Å². The molecule has 0 spiro atoms. The Morgan fingerprint density at radius 1 is 1.12 bits per heavy atom. The average Bonchev–Trinajstić information content (AvgIpc) is 3.12. The zero-order valence-corrected chi connectivity index (χ0v) is 19.4. The maximum atomic E-state index is 13.5. The largest absolute Gasteiger partial charge is 0.497 e. The fourth-order valence-electron chi connectivity index (χ4n) is 3.63. The Bertz CT molecular complexity index is 1130. The number of benzene rings is 2. The van der Waals surface area contributed by atoms with Crippen molar-refractivity contribution in [2.75, 3.05) is 12.0 Å². The Kier molecular flexibility index (Phi) is 6.50. The third-order valence-electron chi connectivity index (χ3n) is 5.26. The monoisotopic (exact) mass is 541 g/mol. The van der Waals surface area contributed by atoms with E-state index in [-0.39, 0.29) is 24.8 Å². The van der Waals surface area contributed by atoms with Crippen LogP contribution < -0.4 is 9.64 Å². The van der Waals surface area contributed by atoms with Crippen LogP contribution in [-0.2, 0) is 16.1 Å². The maximum absolute atomic E-state index is 13.5. The van der Waals surface area contributed by atoms with Gasteiger partial charge in [0.1, 0.15) is 11.8 Å². The van der Waals surface area contributed by atoms with Gasteiger partial charge in [-0.25, -0.2) is 4.90 Å². The predicted molar refractivity (Wildman–Crippen MR) is 127 cm³/mol. The molecule has 1 saturated heterocycles. The zero-order valence-electron chi connectivity index (χ0n) is 17.3. The van der Waals surface area contributed by atoms with Gasteiger partial charge in [0.15, 0.2) is 0 Å². The summed E-state index contributed by atoms with van der Waals surface area (Å²) in [6.45, 7) is 0.156. The number of rotatable bonds is 6. The van der Waals surface area contributed by atoms with E-state index in [1.54, 1.807) is 62.0 Å². The van der Waals surface area contributed by atoms with E-state index in [9.17, 15) is 14.4 Å². The first-order valence-corrected chi connectivity index (χ1v) is 11.0. The third-order valence-corrected chi connectivity index (χ3v) is 5.98. The van der Waals surface area contributed by atoms with Crippen LogP contribution >= 0.6 is 22.6 Å². The van der Waals surface area contributed by atoms with Gasteiger partial charge < -0.3 is 9.64 Å². The van der Waals surface area contributed by atoms with Crippen LogP contribution in [0.25, 0.3) is 0 Å². The lowest BCUT2D eigenvalue weighted by Crippen LogP contribution is -2.45. The van der Waals surface area contributed by atoms with Gasteiger partial charge in [-0.1, -0.05) is 6.07 Å². The summed E-state index contributed by atoms with van der Waals surface area (Å²) >= 11 is 2.16. The first kappa shape index (κ1) is 21.9. The fraction of sp³-hybridized carbons (Fsp3) is 0.167. The molecule has 7 nitrogen and oxygen atoms in total. The van der Waals surface area contributed by atoms with Gasteiger partial charge in [-0.3, -0.25) is 19.4 Å². The van der Waals surface area contributed by atoms with Crippen LogP contribution in [-0.4, -0.2) is 40.8 Å². The highest BCUT2D eigenvalue weighted by Gasteiger charge is 2.44. The van der Waals surface area contributed by atoms with Crippen molar-refractivity contribution in [2.24, 2.45) is 0 Å². The Labute approximate surface area is 199 Å². The van der Waals surface area contributed by atoms with Crippen LogP contribution in [0.2, 0.25) is 0 Å². The van der Waals surface area contributed by atoms with Gasteiger partial charge in [0, 0.05) is 28.1 Å². The molecule has 8 heteroatoms. The van der Waals surface area contributed by atoms with Crippen LogP contribution in [0.1, 0.15) is 22.3 Å². The van der Waals surface area contributed by atoms with Crippen molar-refractivity contribution < 1.29 is 19.1 Å². The minimum Gasteiger partial charge on any atom is -0.497 e. The molecule has 0 radical (unpaired) electrons. The van der Waals surface area contributed by atoms with Crippen molar-refractivity contribution in [3.63, 3.8) is 0 Å². The third kappa shape index (κ3) is 4.50. The number of hydrogen-bond acceptors (Lipinski definition) is 5. The molecule has 0 N–H and O–H groups in total. The van der Waals surface area contributed by atoms with Gasteiger partial charge in [-0.15, -0.1) is 0 Å². The molecule has 2 heterocycles. The molecular weight excluding hydrogens is 521 g/mol. The molecule has 4 rings (SSSR count). The molecule has 1 aromatic heterocycles. The normalized spacial score (nSPS) is 15.7. The van der Waals surface area contributed by atoms with Crippen molar-refractivity contribution >= 4 is 46.0 Å². The highest BCUT2D eigenvalue weighted by Crippen LogP contribution is 2.28. The van der Waals surface area contributed by atoms with E-state index in [1.807, 2.05) is 18.2 Å². The number of methoxy groups -OCH3 is 1. The molecule has 1 aliphatic rings. The summed E-state index contributed by atoms with van der Waals surface area (Å²) in [7, 11) is 1.55. The number of anilines is 1. The average molecular weight is 541 g/mol. The molecule has 1 fully saturated rings. The molecule has 1 unspecified atom stereocenters. The molecule has 1 atom stereocenters. The van der Waals surface area contributed by atoms with E-state index in [0.717, 1.165) is 14.0 Å². The highest BCUT2D eigenvalue weighted by molar-refractivity contribution is 14.1. The Hall–Kier alpha value is -3.27. The zero-order chi connectivity index (χ0) is 22.7. The van der Waals surface area contributed by atoms with Gasteiger partial charge in [0.2, 0.25) is 5.91 Å². The second kappa shape index (κ2) is 9.47. The summed E-state index contributed by atoms with van der Waals surface area (Å²) in [6, 6.07) is 16.5. The molecule has 1 aliphatic heterocycles. The molecule has 162 valence electrons. The topological polar surface area (TPSA) is 79.8 Å². The van der Waals surface area contributed by atoms with Crippen LogP contribution in [0.3, 0.4) is 0 Å². The number of ether oxygens (including phenoxy) is 1. The second-order valence-corrected chi connectivity index (χ2v) is 8.53. The Morgan fingerprint density at radius 3 is 2.47 bits per heavy atom. The van der Waals surface area contributed by atoms with E-state index in [2.05, 4.69) is 27.6 Å². The Balaban J connectivity index is 1.67. The van der Waals surface area contributed by atoms with E-state index in [4.69, 9.17) is 4.74 Å². The summed E-state index contributed by atoms with van der Waals surface area (Å²) in [6.07, 6.45) is 3.21. The van der Waals surface area contributed by atoms with Crippen molar-refractivity contribution in [1.29, 1.82) is 0 Å². The molecule has 0 bridgehead atoms. The number of carbonyl (C=O) groups is 3. The van der Waals surface area contributed by atoms with E-state index in [1.165, 1.54) is 4.90 Å². The van der Waals surface area contributed by atoms with Crippen LogP contribution in [0.15, 0.2) is 73.1 Å². The number of aromatic nitrogens is 1. The molecule has 3 amide bonds. The standard InChI is InChI=1S/C24H20IN3O4/c1-32-20-10-4-17(5-11-20)23(30)27(15-16-3-2-12-26-14-16)21-13-22(29)28(24(21)31)19-8-6-18(25)7-9-19/h2-12,14,21H,13,15H2,1H3. The summed E-state index contributed by atoms with van der Waals surface area (Å²) in [5.41, 5.74) is 1.67. The number of nitrogens with zero attached hydrogens (tertiary/aromatic N) is 3. The van der Waals surface area contributed by atoms with E-state index in [0.29, 0.717) is 17.0 Å². The van der Waals surface area contributed by atoms with Crippen molar-refractivity contribution in [3.8, 4) is 5.75 Å². The summed E-state index contributed by atoms with van der Waals surface area (Å²) < 4.78 is 6.16.